The predicted molar refractivity (Wildman–Crippen MR) is 79.3 cm³/mol. The Hall–Kier alpha value is -1.21. The van der Waals surface area contributed by atoms with Crippen molar-refractivity contribution in [2.75, 3.05) is 5.73 Å². The Bertz CT molecular complexity index is 553. The van der Waals surface area contributed by atoms with Crippen LogP contribution >= 0.6 is 0 Å². The maximum absolute atomic E-state index is 13.7. The Kier molecular flexibility index (Phi) is 6.54. The number of nitrogens with one attached hydrogen (secondary N) is 1. The quantitative estimate of drug-likeness (QED) is 0.571. The molecule has 7 heteroatoms. The molecule has 21 heavy (non-hydrogen) atoms. The lowest BCUT2D eigenvalue weighted by molar-refractivity contribution is 0.496. The van der Waals surface area contributed by atoms with Gasteiger partial charge in [0.2, 0.25) is 10.0 Å². The van der Waals surface area contributed by atoms with Gasteiger partial charge in [-0.3, -0.25) is 0 Å². The minimum Gasteiger partial charge on any atom is -0.399 e. The maximum Gasteiger partial charge on any atom is 0.246 e. The molecule has 1 aromatic rings. The van der Waals surface area contributed by atoms with Crippen LogP contribution in [0.1, 0.15) is 46.0 Å². The van der Waals surface area contributed by atoms with Gasteiger partial charge in [-0.25, -0.2) is 21.9 Å². The minimum absolute atomic E-state index is 0.156. The van der Waals surface area contributed by atoms with Crippen LogP contribution < -0.4 is 10.5 Å². The summed E-state index contributed by atoms with van der Waals surface area (Å²) in [6.07, 6.45) is 4.66. The molecule has 0 radical (unpaired) electrons. The fourth-order valence-corrected chi connectivity index (χ4v) is 3.49. The first kappa shape index (κ1) is 17.8. The molecule has 0 aliphatic carbocycles. The summed E-state index contributed by atoms with van der Waals surface area (Å²) in [4.78, 5) is -0.975. The lowest BCUT2D eigenvalue weighted by Crippen LogP contribution is -2.33. The van der Waals surface area contributed by atoms with Gasteiger partial charge < -0.3 is 5.73 Å². The zero-order chi connectivity index (χ0) is 16.0. The van der Waals surface area contributed by atoms with Gasteiger partial charge in [0.05, 0.1) is 0 Å². The standard InChI is InChI=1S/C14H22F2N2O2S/c1-3-4-5-6-7-10(2)18-21(19,20)14-12(15)8-11(17)9-13(14)16/h8-10,18H,3-7,17H2,1-2H3. The topological polar surface area (TPSA) is 72.2 Å². The van der Waals surface area contributed by atoms with E-state index in [1.54, 1.807) is 6.92 Å². The van der Waals surface area contributed by atoms with Crippen molar-refractivity contribution in [1.82, 2.24) is 4.72 Å². The Labute approximate surface area is 124 Å². The minimum atomic E-state index is -4.24. The first-order chi connectivity index (χ1) is 9.77. The van der Waals surface area contributed by atoms with Crippen LogP contribution in [0, 0.1) is 11.6 Å². The maximum atomic E-state index is 13.7. The van der Waals surface area contributed by atoms with Crippen molar-refractivity contribution in [2.24, 2.45) is 0 Å². The van der Waals surface area contributed by atoms with Crippen molar-refractivity contribution in [3.63, 3.8) is 0 Å². The molecule has 0 saturated carbocycles. The Morgan fingerprint density at radius 1 is 1.19 bits per heavy atom. The van der Waals surface area contributed by atoms with Crippen molar-refractivity contribution >= 4 is 15.7 Å². The fourth-order valence-electron chi connectivity index (χ4n) is 2.10. The predicted octanol–water partition coefficient (Wildman–Crippen LogP) is 3.18. The number of unbranched alkanes of at least 4 members (excludes halogenated alkanes) is 3. The Morgan fingerprint density at radius 3 is 2.29 bits per heavy atom. The third-order valence-electron chi connectivity index (χ3n) is 3.14. The lowest BCUT2D eigenvalue weighted by Gasteiger charge is -2.15. The number of hydrogen-bond donors (Lipinski definition) is 2. The molecule has 4 nitrogen and oxygen atoms in total. The van der Waals surface area contributed by atoms with E-state index in [4.69, 9.17) is 5.73 Å². The molecule has 0 bridgehead atoms. The van der Waals surface area contributed by atoms with Crippen LogP contribution in [0.25, 0.3) is 0 Å². The average molecular weight is 320 g/mol. The smallest absolute Gasteiger partial charge is 0.246 e. The molecule has 1 rings (SSSR count). The van der Waals surface area contributed by atoms with Crippen molar-refractivity contribution in [1.29, 1.82) is 0 Å². The Balaban J connectivity index is 2.78. The fraction of sp³-hybridized carbons (Fsp3) is 0.571. The van der Waals surface area contributed by atoms with E-state index in [2.05, 4.69) is 11.6 Å². The van der Waals surface area contributed by atoms with Crippen LogP contribution in [-0.4, -0.2) is 14.5 Å². The first-order valence-corrected chi connectivity index (χ1v) is 8.53. The highest BCUT2D eigenvalue weighted by Gasteiger charge is 2.26. The molecule has 0 aromatic heterocycles. The van der Waals surface area contributed by atoms with Gasteiger partial charge in [0.25, 0.3) is 0 Å². The van der Waals surface area contributed by atoms with Gasteiger partial charge in [-0.1, -0.05) is 32.6 Å². The number of anilines is 1. The number of hydrogen-bond acceptors (Lipinski definition) is 3. The summed E-state index contributed by atoms with van der Waals surface area (Å²) < 4.78 is 53.7. The van der Waals surface area contributed by atoms with Crippen LogP contribution in [0.4, 0.5) is 14.5 Å². The second kappa shape index (κ2) is 7.70. The molecule has 0 aliphatic heterocycles. The summed E-state index contributed by atoms with van der Waals surface area (Å²) in [5.41, 5.74) is 5.12. The third-order valence-corrected chi connectivity index (χ3v) is 4.78. The summed E-state index contributed by atoms with van der Waals surface area (Å²) in [5, 5.41) is 0. The number of nitrogen functional groups attached to an aromatic ring is 1. The molecule has 1 atom stereocenters. The van der Waals surface area contributed by atoms with Crippen molar-refractivity contribution in [3.05, 3.63) is 23.8 Å². The lowest BCUT2D eigenvalue weighted by atomic mass is 10.1. The van der Waals surface area contributed by atoms with E-state index in [0.29, 0.717) is 6.42 Å². The highest BCUT2D eigenvalue weighted by molar-refractivity contribution is 7.89. The van der Waals surface area contributed by atoms with E-state index < -0.39 is 26.6 Å². The zero-order valence-corrected chi connectivity index (χ0v) is 13.1. The molecule has 0 aliphatic rings. The SMILES string of the molecule is CCCCCCC(C)NS(=O)(=O)c1c(F)cc(N)cc1F. The van der Waals surface area contributed by atoms with E-state index in [1.165, 1.54) is 0 Å². The van der Waals surface area contributed by atoms with E-state index in [1.807, 2.05) is 0 Å². The number of halogens is 2. The molecule has 0 saturated heterocycles. The largest absolute Gasteiger partial charge is 0.399 e. The van der Waals surface area contributed by atoms with E-state index in [9.17, 15) is 17.2 Å². The second-order valence-electron chi connectivity index (χ2n) is 5.19. The summed E-state index contributed by atoms with van der Waals surface area (Å²) in [6.45, 7) is 3.76. The normalized spacial score (nSPS) is 13.3. The van der Waals surface area contributed by atoms with Gasteiger partial charge in [-0.05, 0) is 25.5 Å². The number of rotatable bonds is 8. The molecule has 0 fully saturated rings. The van der Waals surface area contributed by atoms with E-state index in [0.717, 1.165) is 37.8 Å². The average Bonchev–Trinajstić information content (AvgIpc) is 2.32. The summed E-state index contributed by atoms with van der Waals surface area (Å²) in [6, 6.07) is 1.20. The zero-order valence-electron chi connectivity index (χ0n) is 12.3. The number of benzene rings is 1. The molecule has 0 amide bonds. The molecule has 0 spiro atoms. The van der Waals surface area contributed by atoms with Gasteiger partial charge in [-0.15, -0.1) is 0 Å². The summed E-state index contributed by atoms with van der Waals surface area (Å²) in [7, 11) is -4.24. The monoisotopic (exact) mass is 320 g/mol. The van der Waals surface area contributed by atoms with Crippen LogP contribution in [0.2, 0.25) is 0 Å². The molecular weight excluding hydrogens is 298 g/mol. The molecule has 3 N–H and O–H groups in total. The van der Waals surface area contributed by atoms with Crippen molar-refractivity contribution < 1.29 is 17.2 Å². The van der Waals surface area contributed by atoms with E-state index >= 15 is 0 Å². The molecule has 1 unspecified atom stereocenters. The molecule has 0 heterocycles. The molecule has 1 aromatic carbocycles. The van der Waals surface area contributed by atoms with Crippen molar-refractivity contribution in [2.45, 2.75) is 56.9 Å². The number of sulfonamides is 1. The molecular formula is C14H22F2N2O2S. The van der Waals surface area contributed by atoms with Crippen LogP contribution in [0.5, 0.6) is 0 Å². The Morgan fingerprint density at radius 2 is 1.76 bits per heavy atom. The highest BCUT2D eigenvalue weighted by Crippen LogP contribution is 2.22. The van der Waals surface area contributed by atoms with E-state index in [-0.39, 0.29) is 11.7 Å². The van der Waals surface area contributed by atoms with Crippen molar-refractivity contribution in [3.8, 4) is 0 Å². The summed E-state index contributed by atoms with van der Waals surface area (Å²) in [5.74, 6) is -2.36. The van der Waals surface area contributed by atoms with Crippen LogP contribution in [-0.2, 0) is 10.0 Å². The van der Waals surface area contributed by atoms with Gasteiger partial charge in [0, 0.05) is 11.7 Å². The highest BCUT2D eigenvalue weighted by atomic mass is 32.2. The second-order valence-corrected chi connectivity index (χ2v) is 6.84. The number of nitrogens with two attached hydrogens (primary N) is 1. The molecule has 120 valence electrons. The van der Waals surface area contributed by atoms with Gasteiger partial charge in [-0.2, -0.15) is 0 Å². The first-order valence-electron chi connectivity index (χ1n) is 7.04. The summed E-state index contributed by atoms with van der Waals surface area (Å²) >= 11 is 0. The third kappa shape index (κ3) is 5.24. The van der Waals surface area contributed by atoms with Gasteiger partial charge in [0.15, 0.2) is 4.90 Å². The van der Waals surface area contributed by atoms with Gasteiger partial charge in [0.1, 0.15) is 11.6 Å². The van der Waals surface area contributed by atoms with Crippen LogP contribution in [0.15, 0.2) is 17.0 Å². The van der Waals surface area contributed by atoms with Crippen LogP contribution in [0.3, 0.4) is 0 Å². The van der Waals surface area contributed by atoms with Gasteiger partial charge >= 0.3 is 0 Å².